The van der Waals surface area contributed by atoms with E-state index >= 15 is 0 Å². The van der Waals surface area contributed by atoms with Crippen molar-refractivity contribution >= 4 is 5.97 Å². The van der Waals surface area contributed by atoms with Crippen molar-refractivity contribution < 1.29 is 24.1 Å². The van der Waals surface area contributed by atoms with Crippen molar-refractivity contribution in [2.75, 3.05) is 20.3 Å². The predicted octanol–water partition coefficient (Wildman–Crippen LogP) is 1.05. The molecule has 5 nitrogen and oxygen atoms in total. The van der Waals surface area contributed by atoms with Crippen LogP contribution in [0.1, 0.15) is 18.1 Å². The molecule has 0 fully saturated rings. The first-order chi connectivity index (χ1) is 8.22. The molecular weight excluding hydrogens is 224 g/mol. The first-order valence-corrected chi connectivity index (χ1v) is 5.38. The van der Waals surface area contributed by atoms with Gasteiger partial charge in [-0.3, -0.25) is 0 Å². The highest BCUT2D eigenvalue weighted by atomic mass is 16.5. The summed E-state index contributed by atoms with van der Waals surface area (Å²) < 4.78 is 15.4. The number of esters is 1. The Kier molecular flexibility index (Phi) is 3.49. The van der Waals surface area contributed by atoms with Crippen LogP contribution in [0.3, 0.4) is 0 Å². The van der Waals surface area contributed by atoms with Crippen LogP contribution in [0.4, 0.5) is 0 Å². The molecule has 5 heteroatoms. The Hall–Kier alpha value is -1.75. The largest absolute Gasteiger partial charge is 0.490 e. The van der Waals surface area contributed by atoms with Gasteiger partial charge in [-0.05, 0) is 17.7 Å². The number of hydrogen-bond acceptors (Lipinski definition) is 5. The van der Waals surface area contributed by atoms with Crippen molar-refractivity contribution in [2.24, 2.45) is 0 Å². The van der Waals surface area contributed by atoms with E-state index in [-0.39, 0.29) is 0 Å². The van der Waals surface area contributed by atoms with Crippen molar-refractivity contribution in [1.82, 2.24) is 0 Å². The van der Waals surface area contributed by atoms with Crippen LogP contribution < -0.4 is 9.47 Å². The number of ether oxygens (including phenoxy) is 3. The van der Waals surface area contributed by atoms with Crippen LogP contribution in [0.15, 0.2) is 18.2 Å². The third kappa shape index (κ3) is 2.50. The average Bonchev–Trinajstić information content (AvgIpc) is 2.61. The molecule has 1 aromatic rings. The molecule has 0 aliphatic carbocycles. The second-order valence-electron chi connectivity index (χ2n) is 3.68. The quantitative estimate of drug-likeness (QED) is 0.780. The number of carbonyl (C=O) groups is 1. The molecular formula is C12H14O5. The topological polar surface area (TPSA) is 65.0 Å². The highest BCUT2D eigenvalue weighted by Crippen LogP contribution is 2.32. The Morgan fingerprint density at radius 3 is 2.76 bits per heavy atom. The zero-order valence-corrected chi connectivity index (χ0v) is 9.51. The Balaban J connectivity index is 2.26. The minimum absolute atomic E-state index is 0.432. The lowest BCUT2D eigenvalue weighted by Gasteiger charge is -2.12. The van der Waals surface area contributed by atoms with Gasteiger partial charge in [0.05, 0.1) is 20.3 Å². The van der Waals surface area contributed by atoms with Gasteiger partial charge in [0.15, 0.2) is 17.6 Å². The van der Waals surface area contributed by atoms with E-state index in [4.69, 9.17) is 9.47 Å². The molecule has 0 amide bonds. The Morgan fingerprint density at radius 2 is 2.06 bits per heavy atom. The first kappa shape index (κ1) is 11.7. The number of aliphatic hydroxyl groups excluding tert-OH is 1. The van der Waals surface area contributed by atoms with E-state index in [1.165, 1.54) is 7.11 Å². The molecule has 1 atom stereocenters. The molecule has 0 saturated heterocycles. The summed E-state index contributed by atoms with van der Waals surface area (Å²) in [5.74, 6) is 0.478. The van der Waals surface area contributed by atoms with Crippen LogP contribution in [0.2, 0.25) is 0 Å². The molecule has 1 unspecified atom stereocenters. The van der Waals surface area contributed by atoms with Gasteiger partial charge in [0.1, 0.15) is 0 Å². The summed E-state index contributed by atoms with van der Waals surface area (Å²) in [4.78, 5) is 11.2. The maximum absolute atomic E-state index is 11.2. The average molecular weight is 238 g/mol. The van der Waals surface area contributed by atoms with Crippen molar-refractivity contribution in [3.8, 4) is 11.5 Å². The maximum Gasteiger partial charge on any atom is 0.339 e. The predicted molar refractivity (Wildman–Crippen MR) is 59.0 cm³/mol. The summed E-state index contributed by atoms with van der Waals surface area (Å²) in [6.45, 7) is 1.16. The van der Waals surface area contributed by atoms with Gasteiger partial charge < -0.3 is 19.3 Å². The number of methoxy groups -OCH3 is 1. The van der Waals surface area contributed by atoms with E-state index in [1.54, 1.807) is 18.2 Å². The van der Waals surface area contributed by atoms with Crippen LogP contribution in [0.5, 0.6) is 11.5 Å². The van der Waals surface area contributed by atoms with E-state index in [0.29, 0.717) is 30.3 Å². The Morgan fingerprint density at radius 1 is 1.35 bits per heavy atom. The lowest BCUT2D eigenvalue weighted by atomic mass is 10.1. The summed E-state index contributed by atoms with van der Waals surface area (Å²) >= 11 is 0. The van der Waals surface area contributed by atoms with Gasteiger partial charge in [-0.1, -0.05) is 6.07 Å². The minimum atomic E-state index is -1.29. The fourth-order valence-corrected chi connectivity index (χ4v) is 1.60. The molecule has 0 aromatic heterocycles. The number of fused-ring (bicyclic) bond motifs is 1. The maximum atomic E-state index is 11.2. The lowest BCUT2D eigenvalue weighted by Crippen LogP contribution is -2.13. The molecule has 2 rings (SSSR count). The number of aliphatic hydroxyl groups is 1. The van der Waals surface area contributed by atoms with Crippen LogP contribution in [-0.2, 0) is 9.53 Å². The van der Waals surface area contributed by atoms with Gasteiger partial charge in [0.2, 0.25) is 0 Å². The van der Waals surface area contributed by atoms with Crippen molar-refractivity contribution in [3.05, 3.63) is 23.8 Å². The second-order valence-corrected chi connectivity index (χ2v) is 3.68. The number of rotatable bonds is 2. The van der Waals surface area contributed by atoms with Crippen molar-refractivity contribution in [3.63, 3.8) is 0 Å². The molecule has 0 spiro atoms. The monoisotopic (exact) mass is 238 g/mol. The molecule has 17 heavy (non-hydrogen) atoms. The molecule has 1 aromatic carbocycles. The summed E-state index contributed by atoms with van der Waals surface area (Å²) in [6.07, 6.45) is -0.485. The summed E-state index contributed by atoms with van der Waals surface area (Å²) in [5, 5.41) is 9.69. The van der Waals surface area contributed by atoms with E-state index in [1.807, 2.05) is 0 Å². The highest BCUT2D eigenvalue weighted by Gasteiger charge is 2.20. The molecule has 0 radical (unpaired) electrons. The number of hydrogen-bond donors (Lipinski definition) is 1. The Labute approximate surface area is 98.9 Å². The molecule has 0 bridgehead atoms. The first-order valence-electron chi connectivity index (χ1n) is 5.38. The zero-order chi connectivity index (χ0) is 12.3. The lowest BCUT2D eigenvalue weighted by molar-refractivity contribution is -0.150. The molecule has 1 N–H and O–H groups in total. The van der Waals surface area contributed by atoms with Gasteiger partial charge in [-0.2, -0.15) is 0 Å². The standard InChI is InChI=1S/C12H14O5/c1-15-12(14)11(13)8-3-4-9-10(7-8)17-6-2-5-16-9/h3-4,7,11,13H,2,5-6H2,1H3. The van der Waals surface area contributed by atoms with Gasteiger partial charge in [-0.15, -0.1) is 0 Å². The molecule has 92 valence electrons. The van der Waals surface area contributed by atoms with Gasteiger partial charge in [0.25, 0.3) is 0 Å². The smallest absolute Gasteiger partial charge is 0.339 e. The van der Waals surface area contributed by atoms with Crippen LogP contribution in [-0.4, -0.2) is 31.4 Å². The number of benzene rings is 1. The van der Waals surface area contributed by atoms with E-state index in [0.717, 1.165) is 6.42 Å². The molecule has 1 aliphatic rings. The summed E-state index contributed by atoms with van der Waals surface area (Å²) in [6, 6.07) is 4.90. The van der Waals surface area contributed by atoms with Crippen LogP contribution in [0, 0.1) is 0 Å². The fourth-order valence-electron chi connectivity index (χ4n) is 1.60. The van der Waals surface area contributed by atoms with Crippen molar-refractivity contribution in [1.29, 1.82) is 0 Å². The SMILES string of the molecule is COC(=O)C(O)c1ccc2c(c1)OCCCO2. The van der Waals surface area contributed by atoms with E-state index in [9.17, 15) is 9.90 Å². The summed E-state index contributed by atoms with van der Waals surface area (Å²) in [5.41, 5.74) is 0.432. The third-order valence-electron chi connectivity index (χ3n) is 2.51. The van der Waals surface area contributed by atoms with Gasteiger partial charge in [-0.25, -0.2) is 4.79 Å². The number of carbonyl (C=O) groups excluding carboxylic acids is 1. The molecule has 1 aliphatic heterocycles. The summed E-state index contributed by atoms with van der Waals surface area (Å²) in [7, 11) is 1.23. The van der Waals surface area contributed by atoms with Crippen LogP contribution >= 0.6 is 0 Å². The third-order valence-corrected chi connectivity index (χ3v) is 2.51. The second kappa shape index (κ2) is 5.05. The van der Waals surface area contributed by atoms with E-state index in [2.05, 4.69) is 4.74 Å². The van der Waals surface area contributed by atoms with E-state index < -0.39 is 12.1 Å². The molecule has 1 heterocycles. The highest BCUT2D eigenvalue weighted by molar-refractivity contribution is 5.76. The fraction of sp³-hybridized carbons (Fsp3) is 0.417. The van der Waals surface area contributed by atoms with Gasteiger partial charge in [0, 0.05) is 6.42 Å². The van der Waals surface area contributed by atoms with Gasteiger partial charge >= 0.3 is 5.97 Å². The van der Waals surface area contributed by atoms with Crippen LogP contribution in [0.25, 0.3) is 0 Å². The zero-order valence-electron chi connectivity index (χ0n) is 9.51. The Bertz CT molecular complexity index is 415. The normalized spacial score (nSPS) is 15.9. The minimum Gasteiger partial charge on any atom is -0.490 e. The molecule has 0 saturated carbocycles. The van der Waals surface area contributed by atoms with Crippen molar-refractivity contribution in [2.45, 2.75) is 12.5 Å².